The third-order valence-electron chi connectivity index (χ3n) is 3.67. The van der Waals surface area contributed by atoms with E-state index in [9.17, 15) is 4.79 Å². The molecule has 2 heterocycles. The second-order valence-corrected chi connectivity index (χ2v) is 5.70. The van der Waals surface area contributed by atoms with Crippen molar-refractivity contribution in [2.24, 2.45) is 5.92 Å². The molecular weight excluding hydrogens is 339 g/mol. The van der Waals surface area contributed by atoms with Crippen LogP contribution in [0.3, 0.4) is 0 Å². The first kappa shape index (κ1) is 17.7. The van der Waals surface area contributed by atoms with E-state index in [1.54, 1.807) is 12.1 Å². The van der Waals surface area contributed by atoms with E-state index in [4.69, 9.17) is 16.1 Å². The maximum Gasteiger partial charge on any atom is 0.246 e. The molecule has 6 nitrogen and oxygen atoms in total. The molecule has 0 bridgehead atoms. The van der Waals surface area contributed by atoms with Crippen LogP contribution in [0.25, 0.3) is 11.4 Å². The van der Waals surface area contributed by atoms with E-state index in [-0.39, 0.29) is 30.8 Å². The van der Waals surface area contributed by atoms with Crippen LogP contribution in [0.1, 0.15) is 18.7 Å². The molecule has 2 aromatic rings. The van der Waals surface area contributed by atoms with E-state index >= 15 is 0 Å². The highest BCUT2D eigenvalue weighted by molar-refractivity contribution is 6.30. The van der Waals surface area contributed by atoms with Gasteiger partial charge in [0.2, 0.25) is 17.6 Å². The Morgan fingerprint density at radius 1 is 1.39 bits per heavy atom. The Hall–Kier alpha value is -1.63. The molecule has 23 heavy (non-hydrogen) atoms. The van der Waals surface area contributed by atoms with Gasteiger partial charge in [0.25, 0.3) is 0 Å². The molecule has 1 fully saturated rings. The smallest absolute Gasteiger partial charge is 0.246 e. The summed E-state index contributed by atoms with van der Waals surface area (Å²) in [5, 5.41) is 10.6. The van der Waals surface area contributed by atoms with Crippen LogP contribution >= 0.6 is 24.0 Å². The van der Waals surface area contributed by atoms with Crippen molar-refractivity contribution in [3.05, 3.63) is 35.2 Å². The molecule has 0 spiro atoms. The van der Waals surface area contributed by atoms with Crippen LogP contribution in [-0.4, -0.2) is 29.1 Å². The van der Waals surface area contributed by atoms with Gasteiger partial charge in [-0.1, -0.05) is 28.9 Å². The van der Waals surface area contributed by atoms with E-state index in [0.29, 0.717) is 16.7 Å². The average Bonchev–Trinajstić information content (AvgIpc) is 3.02. The Kier molecular flexibility index (Phi) is 6.38. The fraction of sp³-hybridized carbons (Fsp3) is 0.400. The van der Waals surface area contributed by atoms with Crippen LogP contribution in [-0.2, 0) is 11.3 Å². The number of rotatable bonds is 4. The fourth-order valence-electron chi connectivity index (χ4n) is 2.46. The molecule has 1 saturated heterocycles. The quantitative estimate of drug-likeness (QED) is 0.879. The summed E-state index contributed by atoms with van der Waals surface area (Å²) in [5.41, 5.74) is 0.784. The van der Waals surface area contributed by atoms with E-state index in [0.717, 1.165) is 31.5 Å². The predicted octanol–water partition coefficient (Wildman–Crippen LogP) is 2.43. The van der Waals surface area contributed by atoms with Crippen molar-refractivity contribution in [3.63, 3.8) is 0 Å². The first-order chi connectivity index (χ1) is 10.7. The number of nitrogens with zero attached hydrogens (tertiary/aromatic N) is 2. The molecule has 1 aliphatic rings. The Morgan fingerprint density at radius 3 is 2.91 bits per heavy atom. The normalized spacial score (nSPS) is 15.0. The monoisotopic (exact) mass is 356 g/mol. The molecule has 0 unspecified atom stereocenters. The molecule has 0 radical (unpaired) electrons. The first-order valence-electron chi connectivity index (χ1n) is 7.29. The maximum atomic E-state index is 12.0. The number of nitrogens with one attached hydrogen (secondary N) is 2. The molecular formula is C15H18Cl2N4O2. The van der Waals surface area contributed by atoms with Crippen molar-refractivity contribution < 1.29 is 9.32 Å². The van der Waals surface area contributed by atoms with Crippen LogP contribution < -0.4 is 10.6 Å². The van der Waals surface area contributed by atoms with Gasteiger partial charge in [-0.05, 0) is 38.1 Å². The molecule has 0 atom stereocenters. The summed E-state index contributed by atoms with van der Waals surface area (Å²) in [6.07, 6.45) is 1.73. The molecule has 1 aromatic carbocycles. The minimum Gasteiger partial charge on any atom is -0.347 e. The highest BCUT2D eigenvalue weighted by Crippen LogP contribution is 2.20. The third kappa shape index (κ3) is 4.67. The number of halogens is 2. The zero-order valence-electron chi connectivity index (χ0n) is 12.4. The SMILES string of the molecule is Cl.O=C(NCc1nc(-c2cccc(Cl)c2)no1)C1CCNCC1. The molecule has 2 N–H and O–H groups in total. The summed E-state index contributed by atoms with van der Waals surface area (Å²) in [4.78, 5) is 16.3. The van der Waals surface area contributed by atoms with Gasteiger partial charge in [-0.2, -0.15) is 4.98 Å². The van der Waals surface area contributed by atoms with E-state index in [1.807, 2.05) is 12.1 Å². The van der Waals surface area contributed by atoms with Gasteiger partial charge in [-0.15, -0.1) is 12.4 Å². The van der Waals surface area contributed by atoms with Crippen molar-refractivity contribution >= 4 is 29.9 Å². The lowest BCUT2D eigenvalue weighted by molar-refractivity contribution is -0.126. The molecule has 124 valence electrons. The number of carbonyl (C=O) groups is 1. The number of aromatic nitrogens is 2. The lowest BCUT2D eigenvalue weighted by Crippen LogP contribution is -2.37. The highest BCUT2D eigenvalue weighted by atomic mass is 35.5. The van der Waals surface area contributed by atoms with Crippen molar-refractivity contribution in [1.82, 2.24) is 20.8 Å². The van der Waals surface area contributed by atoms with E-state index in [1.165, 1.54) is 0 Å². The predicted molar refractivity (Wildman–Crippen MR) is 89.4 cm³/mol. The van der Waals surface area contributed by atoms with Crippen LogP contribution in [0.15, 0.2) is 28.8 Å². The van der Waals surface area contributed by atoms with Gasteiger partial charge in [-0.3, -0.25) is 4.79 Å². The highest BCUT2D eigenvalue weighted by Gasteiger charge is 2.21. The Bertz CT molecular complexity index is 656. The van der Waals surface area contributed by atoms with Gasteiger partial charge in [0.15, 0.2) is 0 Å². The maximum absolute atomic E-state index is 12.0. The minimum absolute atomic E-state index is 0. The molecule has 1 aliphatic heterocycles. The summed E-state index contributed by atoms with van der Waals surface area (Å²) in [6, 6.07) is 7.23. The molecule has 8 heteroatoms. The van der Waals surface area contributed by atoms with Crippen molar-refractivity contribution in [2.45, 2.75) is 19.4 Å². The lowest BCUT2D eigenvalue weighted by atomic mass is 9.97. The lowest BCUT2D eigenvalue weighted by Gasteiger charge is -2.21. The van der Waals surface area contributed by atoms with Gasteiger partial charge in [0.05, 0.1) is 6.54 Å². The molecule has 3 rings (SSSR count). The molecule has 1 aromatic heterocycles. The Labute approximate surface area is 145 Å². The largest absolute Gasteiger partial charge is 0.347 e. The van der Waals surface area contributed by atoms with E-state index < -0.39 is 0 Å². The Morgan fingerprint density at radius 2 is 2.17 bits per heavy atom. The van der Waals surface area contributed by atoms with Crippen LogP contribution in [0.5, 0.6) is 0 Å². The molecule has 1 amide bonds. The number of amides is 1. The van der Waals surface area contributed by atoms with Gasteiger partial charge in [0.1, 0.15) is 0 Å². The van der Waals surface area contributed by atoms with E-state index in [2.05, 4.69) is 20.8 Å². The first-order valence-corrected chi connectivity index (χ1v) is 7.67. The number of carbonyl (C=O) groups excluding carboxylic acids is 1. The van der Waals surface area contributed by atoms with Crippen molar-refractivity contribution in [3.8, 4) is 11.4 Å². The van der Waals surface area contributed by atoms with Gasteiger partial charge in [-0.25, -0.2) is 0 Å². The summed E-state index contributed by atoms with van der Waals surface area (Å²) in [5.74, 6) is 0.964. The minimum atomic E-state index is 0. The second kappa shape index (κ2) is 8.29. The van der Waals surface area contributed by atoms with Crippen LogP contribution in [0.4, 0.5) is 0 Å². The third-order valence-corrected chi connectivity index (χ3v) is 3.91. The summed E-state index contributed by atoms with van der Waals surface area (Å²) in [7, 11) is 0. The number of hydrogen-bond acceptors (Lipinski definition) is 5. The zero-order chi connectivity index (χ0) is 15.4. The average molecular weight is 357 g/mol. The summed E-state index contributed by atoms with van der Waals surface area (Å²) >= 11 is 5.94. The van der Waals surface area contributed by atoms with Crippen LogP contribution in [0.2, 0.25) is 5.02 Å². The number of piperidine rings is 1. The van der Waals surface area contributed by atoms with Gasteiger partial charge < -0.3 is 15.2 Å². The fourth-order valence-corrected chi connectivity index (χ4v) is 2.65. The Balaban J connectivity index is 0.00000192. The number of hydrogen-bond donors (Lipinski definition) is 2. The summed E-state index contributed by atoms with van der Waals surface area (Å²) in [6.45, 7) is 2.02. The number of benzene rings is 1. The van der Waals surface area contributed by atoms with Crippen molar-refractivity contribution in [1.29, 1.82) is 0 Å². The molecule has 0 saturated carbocycles. The standard InChI is InChI=1S/C15H17ClN4O2.ClH/c16-12-3-1-2-11(8-12)14-19-13(22-20-14)9-18-15(21)10-4-6-17-7-5-10;/h1-3,8,10,17H,4-7,9H2,(H,18,21);1H. The van der Waals surface area contributed by atoms with Gasteiger partial charge >= 0.3 is 0 Å². The van der Waals surface area contributed by atoms with Crippen LogP contribution in [0, 0.1) is 5.92 Å². The second-order valence-electron chi connectivity index (χ2n) is 5.26. The van der Waals surface area contributed by atoms with Crippen molar-refractivity contribution in [2.75, 3.05) is 13.1 Å². The molecule has 0 aliphatic carbocycles. The topological polar surface area (TPSA) is 80.1 Å². The zero-order valence-corrected chi connectivity index (χ0v) is 14.0. The van der Waals surface area contributed by atoms with Gasteiger partial charge in [0, 0.05) is 16.5 Å². The summed E-state index contributed by atoms with van der Waals surface area (Å²) < 4.78 is 5.17.